The Labute approximate surface area is 122 Å². The number of aromatic nitrogens is 2. The molecule has 1 fully saturated rings. The molecule has 0 amide bonds. The number of imidazole rings is 1. The molecule has 1 atom stereocenters. The summed E-state index contributed by atoms with van der Waals surface area (Å²) in [6, 6.07) is 0.567. The molecule has 2 rings (SSSR count). The normalized spacial score (nSPS) is 21.3. The van der Waals surface area contributed by atoms with E-state index >= 15 is 0 Å². The first-order valence-corrected chi connectivity index (χ1v) is 7.88. The second-order valence-corrected chi connectivity index (χ2v) is 6.70. The van der Waals surface area contributed by atoms with Crippen LogP contribution in [-0.2, 0) is 11.3 Å². The number of aryl methyl sites for hydroxylation is 2. The molecule has 1 aromatic heterocycles. The van der Waals surface area contributed by atoms with Gasteiger partial charge in [-0.05, 0) is 44.9 Å². The molecule has 0 aromatic carbocycles. The van der Waals surface area contributed by atoms with Crippen LogP contribution in [0.25, 0.3) is 0 Å². The molecule has 1 heterocycles. The van der Waals surface area contributed by atoms with Gasteiger partial charge in [0.1, 0.15) is 0 Å². The van der Waals surface area contributed by atoms with E-state index in [1.807, 2.05) is 6.92 Å². The molecule has 1 aromatic rings. The fraction of sp³-hybridized carbons (Fsp3) is 0.812. The van der Waals surface area contributed by atoms with Gasteiger partial charge in [-0.15, -0.1) is 0 Å². The maximum atomic E-state index is 5.41. The van der Waals surface area contributed by atoms with Gasteiger partial charge in [0.05, 0.1) is 5.69 Å². The summed E-state index contributed by atoms with van der Waals surface area (Å²) in [5.74, 6) is 1.03. The third kappa shape index (κ3) is 4.23. The predicted octanol–water partition coefficient (Wildman–Crippen LogP) is 3.61. The molecule has 4 heteroatoms. The van der Waals surface area contributed by atoms with E-state index in [9.17, 15) is 0 Å². The highest BCUT2D eigenvalue weighted by Gasteiger charge is 2.31. The van der Waals surface area contributed by atoms with E-state index in [2.05, 4.69) is 41.8 Å². The minimum absolute atomic E-state index is 0.471. The molecular formula is C16H29N3O. The van der Waals surface area contributed by atoms with Crippen LogP contribution in [0.4, 0.5) is 5.95 Å². The predicted molar refractivity (Wildman–Crippen MR) is 83.1 cm³/mol. The van der Waals surface area contributed by atoms with Gasteiger partial charge in [0.25, 0.3) is 0 Å². The van der Waals surface area contributed by atoms with Crippen LogP contribution < -0.4 is 5.32 Å². The average molecular weight is 279 g/mol. The lowest BCUT2D eigenvalue weighted by atomic mass is 9.92. The molecular weight excluding hydrogens is 250 g/mol. The van der Waals surface area contributed by atoms with E-state index < -0.39 is 0 Å². The van der Waals surface area contributed by atoms with Crippen molar-refractivity contribution in [2.75, 3.05) is 18.5 Å². The summed E-state index contributed by atoms with van der Waals surface area (Å²) in [5.41, 5.74) is 1.56. The van der Waals surface area contributed by atoms with Gasteiger partial charge in [-0.25, -0.2) is 4.98 Å². The van der Waals surface area contributed by atoms with E-state index in [1.165, 1.54) is 19.3 Å². The first kappa shape index (κ1) is 15.4. The average Bonchev–Trinajstić information content (AvgIpc) is 2.88. The van der Waals surface area contributed by atoms with Crippen LogP contribution >= 0.6 is 0 Å². The third-order valence-electron chi connectivity index (χ3n) is 4.09. The Morgan fingerprint density at radius 3 is 2.95 bits per heavy atom. The molecule has 1 aliphatic carbocycles. The topological polar surface area (TPSA) is 39.1 Å². The number of nitrogens with zero attached hydrogens (tertiary/aromatic N) is 2. The maximum absolute atomic E-state index is 5.41. The smallest absolute Gasteiger partial charge is 0.203 e. The Hall–Kier alpha value is -1.03. The van der Waals surface area contributed by atoms with Crippen LogP contribution in [0.15, 0.2) is 6.20 Å². The Kier molecular flexibility index (Phi) is 5.08. The lowest BCUT2D eigenvalue weighted by molar-refractivity contribution is 0.142. The van der Waals surface area contributed by atoms with Crippen LogP contribution in [0.1, 0.15) is 52.1 Å². The van der Waals surface area contributed by atoms with Crippen LogP contribution in [0.2, 0.25) is 0 Å². The molecule has 1 aliphatic rings. The van der Waals surface area contributed by atoms with E-state index in [0.717, 1.165) is 37.8 Å². The fourth-order valence-corrected chi connectivity index (χ4v) is 3.06. The molecule has 1 saturated carbocycles. The van der Waals surface area contributed by atoms with Crippen molar-refractivity contribution in [1.82, 2.24) is 9.55 Å². The summed E-state index contributed by atoms with van der Waals surface area (Å²) in [7, 11) is 0. The summed E-state index contributed by atoms with van der Waals surface area (Å²) in [6.45, 7) is 11.4. The summed E-state index contributed by atoms with van der Waals surface area (Å²) in [5, 5.41) is 3.64. The molecule has 0 bridgehead atoms. The summed E-state index contributed by atoms with van der Waals surface area (Å²) >= 11 is 0. The van der Waals surface area contributed by atoms with E-state index in [-0.39, 0.29) is 0 Å². The molecule has 1 N–H and O–H groups in total. The Morgan fingerprint density at radius 1 is 1.50 bits per heavy atom. The fourth-order valence-electron chi connectivity index (χ4n) is 3.06. The zero-order valence-electron chi connectivity index (χ0n) is 13.4. The van der Waals surface area contributed by atoms with Crippen molar-refractivity contribution >= 4 is 5.95 Å². The van der Waals surface area contributed by atoms with Crippen LogP contribution in [0.5, 0.6) is 0 Å². The van der Waals surface area contributed by atoms with Crippen molar-refractivity contribution in [1.29, 1.82) is 0 Å². The number of hydrogen-bond donors (Lipinski definition) is 1. The van der Waals surface area contributed by atoms with Gasteiger partial charge in [0.15, 0.2) is 0 Å². The highest BCUT2D eigenvalue weighted by molar-refractivity contribution is 5.31. The van der Waals surface area contributed by atoms with E-state index in [1.54, 1.807) is 0 Å². The Balaban J connectivity index is 1.90. The molecule has 114 valence electrons. The van der Waals surface area contributed by atoms with Crippen LogP contribution in [0.3, 0.4) is 0 Å². The van der Waals surface area contributed by atoms with Crippen molar-refractivity contribution in [2.24, 2.45) is 5.41 Å². The lowest BCUT2D eigenvalue weighted by Gasteiger charge is -2.18. The zero-order chi connectivity index (χ0) is 14.6. The summed E-state index contributed by atoms with van der Waals surface area (Å²) in [6.07, 6.45) is 6.95. The summed E-state index contributed by atoms with van der Waals surface area (Å²) in [4.78, 5) is 4.63. The van der Waals surface area contributed by atoms with Gasteiger partial charge in [-0.3, -0.25) is 0 Å². The van der Waals surface area contributed by atoms with Crippen LogP contribution in [-0.4, -0.2) is 28.8 Å². The standard InChI is InChI=1S/C16H29N3O/c1-5-20-10-6-9-19-12-13(2)17-15(19)18-14-7-8-16(3,4)11-14/h12,14H,5-11H2,1-4H3,(H,17,18). The van der Waals surface area contributed by atoms with E-state index in [4.69, 9.17) is 4.74 Å². The minimum Gasteiger partial charge on any atom is -0.382 e. The van der Waals surface area contributed by atoms with Crippen molar-refractivity contribution in [3.63, 3.8) is 0 Å². The van der Waals surface area contributed by atoms with Gasteiger partial charge < -0.3 is 14.6 Å². The van der Waals surface area contributed by atoms with Crippen molar-refractivity contribution in [3.05, 3.63) is 11.9 Å². The molecule has 4 nitrogen and oxygen atoms in total. The molecule has 0 spiro atoms. The number of hydrogen-bond acceptors (Lipinski definition) is 3. The third-order valence-corrected chi connectivity index (χ3v) is 4.09. The van der Waals surface area contributed by atoms with Gasteiger partial charge in [0, 0.05) is 32.0 Å². The van der Waals surface area contributed by atoms with Crippen molar-refractivity contribution in [3.8, 4) is 0 Å². The Morgan fingerprint density at radius 2 is 2.30 bits per heavy atom. The highest BCUT2D eigenvalue weighted by atomic mass is 16.5. The molecule has 0 radical (unpaired) electrons. The first-order chi connectivity index (χ1) is 9.50. The quantitative estimate of drug-likeness (QED) is 0.775. The molecule has 0 aliphatic heterocycles. The van der Waals surface area contributed by atoms with Crippen molar-refractivity contribution in [2.45, 2.75) is 66.0 Å². The minimum atomic E-state index is 0.471. The van der Waals surface area contributed by atoms with Crippen molar-refractivity contribution < 1.29 is 4.74 Å². The maximum Gasteiger partial charge on any atom is 0.203 e. The van der Waals surface area contributed by atoms with Crippen LogP contribution in [0, 0.1) is 12.3 Å². The van der Waals surface area contributed by atoms with Gasteiger partial charge in [0.2, 0.25) is 5.95 Å². The molecule has 20 heavy (non-hydrogen) atoms. The SMILES string of the molecule is CCOCCCn1cc(C)nc1NC1CCC(C)(C)C1. The van der Waals surface area contributed by atoms with Gasteiger partial charge in [-0.2, -0.15) is 0 Å². The molecule has 0 saturated heterocycles. The Bertz CT molecular complexity index is 425. The lowest BCUT2D eigenvalue weighted by Crippen LogP contribution is -2.20. The number of rotatable bonds is 7. The summed E-state index contributed by atoms with van der Waals surface area (Å²) < 4.78 is 7.64. The van der Waals surface area contributed by atoms with E-state index in [0.29, 0.717) is 11.5 Å². The first-order valence-electron chi connectivity index (χ1n) is 7.88. The number of nitrogens with one attached hydrogen (secondary N) is 1. The zero-order valence-corrected chi connectivity index (χ0v) is 13.4. The second kappa shape index (κ2) is 6.61. The highest BCUT2D eigenvalue weighted by Crippen LogP contribution is 2.38. The second-order valence-electron chi connectivity index (χ2n) is 6.70. The van der Waals surface area contributed by atoms with Gasteiger partial charge >= 0.3 is 0 Å². The number of anilines is 1. The number of ether oxygens (including phenoxy) is 1. The van der Waals surface area contributed by atoms with Gasteiger partial charge in [-0.1, -0.05) is 13.8 Å². The monoisotopic (exact) mass is 279 g/mol. The largest absolute Gasteiger partial charge is 0.382 e. The molecule has 1 unspecified atom stereocenters.